The molecule has 0 amide bonds. The van der Waals surface area contributed by atoms with Gasteiger partial charge in [-0.25, -0.2) is 4.98 Å². The Balaban J connectivity index is 1.56. The van der Waals surface area contributed by atoms with Crippen LogP contribution in [0.25, 0.3) is 11.0 Å². The molecule has 6 heteroatoms. The van der Waals surface area contributed by atoms with Crippen LogP contribution in [0.2, 0.25) is 0 Å². The van der Waals surface area contributed by atoms with E-state index in [9.17, 15) is 0 Å². The van der Waals surface area contributed by atoms with Crippen LogP contribution < -0.4 is 10.2 Å². The second-order valence-corrected chi connectivity index (χ2v) is 8.15. The van der Waals surface area contributed by atoms with Gasteiger partial charge in [0.2, 0.25) is 0 Å². The zero-order valence-corrected chi connectivity index (χ0v) is 18.2. The summed E-state index contributed by atoms with van der Waals surface area (Å²) in [6.07, 6.45) is 1.90. The normalized spacial score (nSPS) is 17.6. The Morgan fingerprint density at radius 2 is 1.80 bits per heavy atom. The fraction of sp³-hybridized carbons (Fsp3) is 0.375. The number of hydrogen-bond acceptors (Lipinski definition) is 4. The van der Waals surface area contributed by atoms with Crippen molar-refractivity contribution in [3.05, 3.63) is 60.3 Å². The molecule has 156 valence electrons. The van der Waals surface area contributed by atoms with E-state index < -0.39 is 0 Å². The highest BCUT2D eigenvalue weighted by Gasteiger charge is 2.32. The van der Waals surface area contributed by atoms with Crippen LogP contribution in [0.1, 0.15) is 19.4 Å². The summed E-state index contributed by atoms with van der Waals surface area (Å²) in [6.45, 7) is 9.31. The number of rotatable bonds is 3. The third-order valence-corrected chi connectivity index (χ3v) is 5.82. The first-order valence-electron chi connectivity index (χ1n) is 10.6. The van der Waals surface area contributed by atoms with E-state index in [1.165, 1.54) is 5.56 Å². The first-order valence-corrected chi connectivity index (χ1v) is 10.6. The minimum absolute atomic E-state index is 0.322. The second-order valence-electron chi connectivity index (χ2n) is 8.15. The average Bonchev–Trinajstić information content (AvgIpc) is 2.78. The van der Waals surface area contributed by atoms with Crippen LogP contribution in [0.15, 0.2) is 59.7 Å². The number of aliphatic imine (C=N–C) groups is 1. The van der Waals surface area contributed by atoms with Crippen molar-refractivity contribution in [2.45, 2.75) is 26.8 Å². The molecule has 1 aromatic heterocycles. The zero-order chi connectivity index (χ0) is 21.1. The first kappa shape index (κ1) is 20.1. The van der Waals surface area contributed by atoms with E-state index in [-0.39, 0.29) is 0 Å². The number of para-hydroxylation sites is 3. The van der Waals surface area contributed by atoms with Gasteiger partial charge in [0.15, 0.2) is 5.96 Å². The van der Waals surface area contributed by atoms with Gasteiger partial charge in [-0.15, -0.1) is 0 Å². The van der Waals surface area contributed by atoms with Crippen LogP contribution in [0.4, 0.5) is 11.5 Å². The van der Waals surface area contributed by atoms with E-state index in [0.717, 1.165) is 48.1 Å². The molecule has 0 aliphatic carbocycles. The van der Waals surface area contributed by atoms with E-state index in [2.05, 4.69) is 70.1 Å². The highest BCUT2D eigenvalue weighted by Crippen LogP contribution is 2.24. The van der Waals surface area contributed by atoms with Crippen molar-refractivity contribution in [3.63, 3.8) is 0 Å². The lowest BCUT2D eigenvalue weighted by molar-refractivity contribution is 0.223. The molecule has 1 atom stereocenters. The summed E-state index contributed by atoms with van der Waals surface area (Å²) in [5, 5.41) is 3.56. The number of hydrogen-bond donors (Lipinski definition) is 1. The second kappa shape index (κ2) is 8.69. The Labute approximate surface area is 178 Å². The Hall–Kier alpha value is -3.15. The smallest absolute Gasteiger partial charge is 0.198 e. The highest BCUT2D eigenvalue weighted by atomic mass is 15.4. The van der Waals surface area contributed by atoms with Crippen molar-refractivity contribution >= 4 is 28.5 Å². The lowest BCUT2D eigenvalue weighted by Crippen LogP contribution is -2.58. The fourth-order valence-corrected chi connectivity index (χ4v) is 4.04. The summed E-state index contributed by atoms with van der Waals surface area (Å²) < 4.78 is 0. The molecule has 0 saturated carbocycles. The minimum atomic E-state index is 0.322. The lowest BCUT2D eigenvalue weighted by Gasteiger charge is -2.45. The van der Waals surface area contributed by atoms with Gasteiger partial charge in [0, 0.05) is 32.4 Å². The number of nitrogens with zero attached hydrogens (tertiary/aromatic N) is 5. The van der Waals surface area contributed by atoms with Gasteiger partial charge in [-0.3, -0.25) is 9.98 Å². The third-order valence-electron chi connectivity index (χ3n) is 5.82. The zero-order valence-electron chi connectivity index (χ0n) is 18.2. The molecule has 4 rings (SSSR count). The molecule has 2 aromatic carbocycles. The summed E-state index contributed by atoms with van der Waals surface area (Å²) in [5.74, 6) is 2.34. The summed E-state index contributed by atoms with van der Waals surface area (Å²) in [7, 11) is 1.86. The van der Waals surface area contributed by atoms with Crippen molar-refractivity contribution in [2.24, 2.45) is 10.9 Å². The van der Waals surface area contributed by atoms with Crippen LogP contribution >= 0.6 is 0 Å². The van der Waals surface area contributed by atoms with Gasteiger partial charge in [-0.05, 0) is 36.6 Å². The van der Waals surface area contributed by atoms with Gasteiger partial charge in [0.05, 0.1) is 23.3 Å². The van der Waals surface area contributed by atoms with Crippen molar-refractivity contribution < 1.29 is 0 Å². The first-order chi connectivity index (χ1) is 14.6. The van der Waals surface area contributed by atoms with Crippen molar-refractivity contribution in [1.29, 1.82) is 0 Å². The third kappa shape index (κ3) is 4.08. The molecule has 1 aliphatic rings. The topological polar surface area (TPSA) is 56.7 Å². The van der Waals surface area contributed by atoms with Gasteiger partial charge in [-0.2, -0.15) is 0 Å². The van der Waals surface area contributed by atoms with Crippen molar-refractivity contribution in [3.8, 4) is 0 Å². The molecular weight excluding hydrogens is 372 g/mol. The summed E-state index contributed by atoms with van der Waals surface area (Å²) in [5.41, 5.74) is 4.19. The maximum Gasteiger partial charge on any atom is 0.198 e. The molecule has 1 N–H and O–H groups in total. The summed E-state index contributed by atoms with van der Waals surface area (Å²) in [4.78, 5) is 18.8. The summed E-state index contributed by atoms with van der Waals surface area (Å²) in [6, 6.07) is 16.7. The molecule has 1 saturated heterocycles. The molecule has 1 aliphatic heterocycles. The molecule has 0 radical (unpaired) electrons. The van der Waals surface area contributed by atoms with Crippen LogP contribution in [0.3, 0.4) is 0 Å². The predicted octanol–water partition coefficient (Wildman–Crippen LogP) is 4.18. The minimum Gasteiger partial charge on any atom is -0.351 e. The quantitative estimate of drug-likeness (QED) is 0.526. The van der Waals surface area contributed by atoms with E-state index in [1.54, 1.807) is 0 Å². The lowest BCUT2D eigenvalue weighted by atomic mass is 9.99. The molecule has 0 spiro atoms. The SMILES string of the molecule is CN=C(Nc1ccccc1C)N1CCN(c2cnc3ccccc3n2)CC1C(C)C. The molecule has 0 bridgehead atoms. The van der Waals surface area contributed by atoms with E-state index in [0.29, 0.717) is 12.0 Å². The number of aryl methyl sites for hydroxylation is 1. The van der Waals surface area contributed by atoms with Crippen molar-refractivity contribution in [2.75, 3.05) is 36.9 Å². The molecule has 30 heavy (non-hydrogen) atoms. The van der Waals surface area contributed by atoms with Crippen LogP contribution in [-0.2, 0) is 0 Å². The Bertz CT molecular complexity index is 1040. The molecule has 2 heterocycles. The predicted molar refractivity (Wildman–Crippen MR) is 125 cm³/mol. The van der Waals surface area contributed by atoms with Crippen molar-refractivity contribution in [1.82, 2.24) is 14.9 Å². The van der Waals surface area contributed by atoms with Gasteiger partial charge < -0.3 is 15.1 Å². The Morgan fingerprint density at radius 1 is 1.07 bits per heavy atom. The van der Waals surface area contributed by atoms with Gasteiger partial charge in [-0.1, -0.05) is 44.2 Å². The van der Waals surface area contributed by atoms with Gasteiger partial charge in [0.25, 0.3) is 0 Å². The molecule has 3 aromatic rings. The number of nitrogens with one attached hydrogen (secondary N) is 1. The number of guanidine groups is 1. The largest absolute Gasteiger partial charge is 0.351 e. The number of anilines is 2. The number of fused-ring (bicyclic) bond motifs is 1. The fourth-order valence-electron chi connectivity index (χ4n) is 4.04. The van der Waals surface area contributed by atoms with Crippen LogP contribution in [0, 0.1) is 12.8 Å². The monoisotopic (exact) mass is 402 g/mol. The van der Waals surface area contributed by atoms with Crippen LogP contribution in [-0.4, -0.2) is 53.6 Å². The number of aromatic nitrogens is 2. The maximum absolute atomic E-state index is 4.86. The molecule has 1 unspecified atom stereocenters. The number of piperazine rings is 1. The average molecular weight is 403 g/mol. The maximum atomic E-state index is 4.86. The molecule has 6 nitrogen and oxygen atoms in total. The highest BCUT2D eigenvalue weighted by molar-refractivity contribution is 5.94. The van der Waals surface area contributed by atoms with E-state index in [1.807, 2.05) is 37.5 Å². The Morgan fingerprint density at radius 3 is 2.53 bits per heavy atom. The Kier molecular flexibility index (Phi) is 5.84. The standard InChI is InChI=1S/C24H30N6/c1-17(2)22-16-29(23-15-26-20-11-7-8-12-21(20)27-23)13-14-30(22)24(25-4)28-19-10-6-5-9-18(19)3/h5-12,15,17,22H,13-14,16H2,1-4H3,(H,25,28). The molecule has 1 fully saturated rings. The van der Waals surface area contributed by atoms with Gasteiger partial charge >= 0.3 is 0 Å². The van der Waals surface area contributed by atoms with Gasteiger partial charge in [0.1, 0.15) is 5.82 Å². The van der Waals surface area contributed by atoms with E-state index >= 15 is 0 Å². The van der Waals surface area contributed by atoms with E-state index in [4.69, 9.17) is 4.98 Å². The van der Waals surface area contributed by atoms with Crippen LogP contribution in [0.5, 0.6) is 0 Å². The summed E-state index contributed by atoms with van der Waals surface area (Å²) >= 11 is 0. The molecular formula is C24H30N6. The number of benzene rings is 2.